The number of nitrogens with two attached hydrogens (primary N) is 1. The van der Waals surface area contributed by atoms with Crippen molar-refractivity contribution in [2.45, 2.75) is 6.54 Å². The summed E-state index contributed by atoms with van der Waals surface area (Å²) in [6.45, 7) is 0.0972. The second-order valence-electron chi connectivity index (χ2n) is 2.76. The van der Waals surface area contributed by atoms with Gasteiger partial charge in [0.2, 0.25) is 0 Å². The standard InChI is InChI=1S/C6H8N6O2/c7-4-3(1-8-9-4)2-12-5(13)10-11-6(12)14/h1H,2H2,(H,10,13)(H,11,14)(H3,7,8,9). The number of nitrogen functional groups attached to an aromatic ring is 1. The minimum Gasteiger partial charge on any atom is -0.384 e. The summed E-state index contributed by atoms with van der Waals surface area (Å²) in [6.07, 6.45) is 1.47. The largest absolute Gasteiger partial charge is 0.384 e. The number of H-pyrrole nitrogens is 3. The molecule has 5 N–H and O–H groups in total. The predicted octanol–water partition coefficient (Wildman–Crippen LogP) is -1.78. The number of nitrogens with zero attached hydrogens (tertiary/aromatic N) is 2. The number of hydrogen-bond acceptors (Lipinski definition) is 4. The fourth-order valence-corrected chi connectivity index (χ4v) is 1.10. The number of hydrogen-bond donors (Lipinski definition) is 4. The van der Waals surface area contributed by atoms with E-state index in [1.165, 1.54) is 6.20 Å². The summed E-state index contributed by atoms with van der Waals surface area (Å²) < 4.78 is 0.987. The Morgan fingerprint density at radius 3 is 2.50 bits per heavy atom. The van der Waals surface area contributed by atoms with Crippen molar-refractivity contribution >= 4 is 5.82 Å². The lowest BCUT2D eigenvalue weighted by Crippen LogP contribution is -2.27. The Morgan fingerprint density at radius 2 is 2.00 bits per heavy atom. The van der Waals surface area contributed by atoms with Crippen molar-refractivity contribution in [1.29, 1.82) is 0 Å². The van der Waals surface area contributed by atoms with Crippen molar-refractivity contribution in [2.24, 2.45) is 0 Å². The Kier molecular flexibility index (Phi) is 1.73. The quantitative estimate of drug-likeness (QED) is 0.453. The van der Waals surface area contributed by atoms with Crippen molar-refractivity contribution in [3.05, 3.63) is 32.7 Å². The molecule has 0 spiro atoms. The minimum atomic E-state index is -0.504. The Morgan fingerprint density at radius 1 is 1.36 bits per heavy atom. The molecule has 0 fully saturated rings. The van der Waals surface area contributed by atoms with E-state index in [2.05, 4.69) is 20.4 Å². The SMILES string of the molecule is Nc1[nH]ncc1Cn1c(=O)[nH][nH]c1=O. The molecular weight excluding hydrogens is 188 g/mol. The summed E-state index contributed by atoms with van der Waals surface area (Å²) >= 11 is 0. The first-order chi connectivity index (χ1) is 6.68. The Hall–Kier alpha value is -2.25. The Balaban J connectivity index is 2.41. The molecule has 2 aromatic rings. The number of aromatic nitrogens is 5. The first kappa shape index (κ1) is 8.35. The third kappa shape index (κ3) is 1.22. The maximum absolute atomic E-state index is 11.1. The highest BCUT2D eigenvalue weighted by Crippen LogP contribution is 2.05. The van der Waals surface area contributed by atoms with Crippen molar-refractivity contribution in [3.8, 4) is 0 Å². The monoisotopic (exact) mass is 196 g/mol. The van der Waals surface area contributed by atoms with Gasteiger partial charge in [-0.15, -0.1) is 0 Å². The highest BCUT2D eigenvalue weighted by atomic mass is 16.2. The lowest BCUT2D eigenvalue weighted by atomic mass is 10.3. The summed E-state index contributed by atoms with van der Waals surface area (Å²) in [5, 5.41) is 10.5. The van der Waals surface area contributed by atoms with E-state index in [0.29, 0.717) is 11.4 Å². The van der Waals surface area contributed by atoms with Gasteiger partial charge in [0, 0.05) is 5.56 Å². The summed E-state index contributed by atoms with van der Waals surface area (Å²) in [5.41, 5.74) is 5.09. The molecule has 8 nitrogen and oxygen atoms in total. The molecule has 0 bridgehead atoms. The third-order valence-corrected chi connectivity index (χ3v) is 1.85. The number of anilines is 1. The van der Waals surface area contributed by atoms with Gasteiger partial charge in [-0.1, -0.05) is 0 Å². The molecule has 14 heavy (non-hydrogen) atoms. The molecule has 0 radical (unpaired) electrons. The Labute approximate surface area is 76.7 Å². The molecule has 2 rings (SSSR count). The van der Waals surface area contributed by atoms with Crippen LogP contribution in [0.5, 0.6) is 0 Å². The maximum atomic E-state index is 11.1. The van der Waals surface area contributed by atoms with Gasteiger partial charge >= 0.3 is 11.4 Å². The van der Waals surface area contributed by atoms with Crippen LogP contribution >= 0.6 is 0 Å². The molecule has 0 aromatic carbocycles. The molecule has 0 saturated carbocycles. The zero-order chi connectivity index (χ0) is 10.1. The van der Waals surface area contributed by atoms with Gasteiger partial charge in [-0.3, -0.25) is 5.10 Å². The number of nitrogens with one attached hydrogen (secondary N) is 3. The van der Waals surface area contributed by atoms with Crippen LogP contribution in [0.3, 0.4) is 0 Å². The smallest absolute Gasteiger partial charge is 0.344 e. The minimum absolute atomic E-state index is 0.0972. The third-order valence-electron chi connectivity index (χ3n) is 1.85. The second kappa shape index (κ2) is 2.91. The molecule has 0 atom stereocenters. The molecule has 0 amide bonds. The van der Waals surface area contributed by atoms with Crippen molar-refractivity contribution in [1.82, 2.24) is 25.0 Å². The van der Waals surface area contributed by atoms with Gasteiger partial charge in [0.15, 0.2) is 0 Å². The van der Waals surface area contributed by atoms with Gasteiger partial charge in [0.1, 0.15) is 5.82 Å². The van der Waals surface area contributed by atoms with E-state index >= 15 is 0 Å². The fourth-order valence-electron chi connectivity index (χ4n) is 1.10. The van der Waals surface area contributed by atoms with E-state index in [-0.39, 0.29) is 6.54 Å². The van der Waals surface area contributed by atoms with E-state index in [1.807, 2.05) is 0 Å². The molecule has 2 aromatic heterocycles. The van der Waals surface area contributed by atoms with Gasteiger partial charge in [-0.2, -0.15) is 5.10 Å². The molecule has 2 heterocycles. The number of rotatable bonds is 2. The van der Waals surface area contributed by atoms with Gasteiger partial charge in [-0.25, -0.2) is 24.4 Å². The van der Waals surface area contributed by atoms with Gasteiger partial charge in [-0.05, 0) is 0 Å². The van der Waals surface area contributed by atoms with E-state index in [0.717, 1.165) is 4.57 Å². The van der Waals surface area contributed by atoms with Crippen LogP contribution in [0.2, 0.25) is 0 Å². The average Bonchev–Trinajstić information content (AvgIpc) is 2.67. The molecule has 0 aliphatic heterocycles. The van der Waals surface area contributed by atoms with Crippen LogP contribution in [0, 0.1) is 0 Å². The average molecular weight is 196 g/mol. The van der Waals surface area contributed by atoms with E-state index in [4.69, 9.17) is 5.73 Å². The topological polar surface area (TPSA) is 125 Å². The van der Waals surface area contributed by atoms with Crippen LogP contribution in [0.15, 0.2) is 15.8 Å². The van der Waals surface area contributed by atoms with Crippen LogP contribution in [0.1, 0.15) is 5.56 Å². The van der Waals surface area contributed by atoms with Crippen LogP contribution < -0.4 is 17.1 Å². The molecule has 0 saturated heterocycles. The molecular formula is C6H8N6O2. The zero-order valence-corrected chi connectivity index (χ0v) is 7.07. The van der Waals surface area contributed by atoms with Crippen LogP contribution in [-0.4, -0.2) is 25.0 Å². The fraction of sp³-hybridized carbons (Fsp3) is 0.167. The van der Waals surface area contributed by atoms with Gasteiger partial charge in [0.05, 0.1) is 12.7 Å². The van der Waals surface area contributed by atoms with E-state index in [9.17, 15) is 9.59 Å². The molecule has 0 unspecified atom stereocenters. The maximum Gasteiger partial charge on any atom is 0.344 e. The van der Waals surface area contributed by atoms with Crippen LogP contribution in [0.25, 0.3) is 0 Å². The van der Waals surface area contributed by atoms with E-state index < -0.39 is 11.4 Å². The van der Waals surface area contributed by atoms with Crippen LogP contribution in [0.4, 0.5) is 5.82 Å². The van der Waals surface area contributed by atoms with E-state index in [1.54, 1.807) is 0 Å². The Bertz CT molecular complexity index is 515. The number of aromatic amines is 3. The van der Waals surface area contributed by atoms with Gasteiger partial charge < -0.3 is 5.73 Å². The summed E-state index contributed by atoms with van der Waals surface area (Å²) in [4.78, 5) is 22.2. The van der Waals surface area contributed by atoms with Crippen LogP contribution in [-0.2, 0) is 6.54 Å². The summed E-state index contributed by atoms with van der Waals surface area (Å²) in [5.74, 6) is 0.345. The molecule has 0 aliphatic carbocycles. The lowest BCUT2D eigenvalue weighted by Gasteiger charge is -1.96. The first-order valence-electron chi connectivity index (χ1n) is 3.83. The predicted molar refractivity (Wildman–Crippen MR) is 47.8 cm³/mol. The molecule has 74 valence electrons. The van der Waals surface area contributed by atoms with Crippen molar-refractivity contribution < 1.29 is 0 Å². The summed E-state index contributed by atoms with van der Waals surface area (Å²) in [7, 11) is 0. The highest BCUT2D eigenvalue weighted by Gasteiger charge is 2.07. The van der Waals surface area contributed by atoms with Crippen molar-refractivity contribution in [2.75, 3.05) is 5.73 Å². The zero-order valence-electron chi connectivity index (χ0n) is 7.07. The molecule has 0 aliphatic rings. The van der Waals surface area contributed by atoms with Gasteiger partial charge in [0.25, 0.3) is 0 Å². The summed E-state index contributed by atoms with van der Waals surface area (Å²) in [6, 6.07) is 0. The molecule has 8 heteroatoms. The second-order valence-corrected chi connectivity index (χ2v) is 2.76. The first-order valence-corrected chi connectivity index (χ1v) is 3.83. The lowest BCUT2D eigenvalue weighted by molar-refractivity contribution is 0.735. The normalized spacial score (nSPS) is 10.6. The highest BCUT2D eigenvalue weighted by molar-refractivity contribution is 5.36. The van der Waals surface area contributed by atoms with Crippen molar-refractivity contribution in [3.63, 3.8) is 0 Å².